The molecule has 1 aromatic carbocycles. The van der Waals surface area contributed by atoms with Crippen molar-refractivity contribution in [2.45, 2.75) is 29.7 Å². The molecule has 2 aromatic rings. The highest BCUT2D eigenvalue weighted by molar-refractivity contribution is 8.00. The number of hydrogen-bond acceptors (Lipinski definition) is 5. The number of carbonyl (C=O) groups excluding carboxylic acids is 1. The van der Waals surface area contributed by atoms with Crippen molar-refractivity contribution >= 4 is 28.6 Å². The first-order valence-corrected chi connectivity index (χ1v) is 6.69. The summed E-state index contributed by atoms with van der Waals surface area (Å²) in [4.78, 5) is 20.1. The van der Waals surface area contributed by atoms with Crippen LogP contribution in [0.15, 0.2) is 35.6 Å². The van der Waals surface area contributed by atoms with E-state index in [9.17, 15) is 4.79 Å². The monoisotopic (exact) mass is 260 g/mol. The lowest BCUT2D eigenvalue weighted by Crippen LogP contribution is -2.09. The Morgan fingerprint density at radius 3 is 2.94 bits per heavy atom. The number of aromatic nitrogens is 2. The first-order valence-electron chi connectivity index (χ1n) is 5.81. The number of para-hydroxylation sites is 1. The third kappa shape index (κ3) is 2.06. The number of benzene rings is 1. The summed E-state index contributed by atoms with van der Waals surface area (Å²) in [5.41, 5.74) is 0.898. The molecule has 0 bridgehead atoms. The van der Waals surface area contributed by atoms with E-state index < -0.39 is 0 Å². The van der Waals surface area contributed by atoms with Gasteiger partial charge in [-0.1, -0.05) is 30.0 Å². The fourth-order valence-corrected chi connectivity index (χ4v) is 3.22. The lowest BCUT2D eigenvalue weighted by molar-refractivity contribution is -0.140. The second-order valence-electron chi connectivity index (χ2n) is 4.29. The molecule has 92 valence electrons. The Labute approximate surface area is 109 Å². The number of nitrogens with zero attached hydrogens (tertiary/aromatic N) is 2. The van der Waals surface area contributed by atoms with Gasteiger partial charge in [0.05, 0.1) is 5.52 Å². The Balaban J connectivity index is 1.93. The number of hydrogen-bond donors (Lipinski definition) is 0. The van der Waals surface area contributed by atoms with Gasteiger partial charge in [-0.2, -0.15) is 0 Å². The average molecular weight is 260 g/mol. The minimum Gasteiger partial charge on any atom is -0.462 e. The topological polar surface area (TPSA) is 52.1 Å². The van der Waals surface area contributed by atoms with Crippen molar-refractivity contribution in [3.05, 3.63) is 30.6 Å². The minimum absolute atomic E-state index is 0.00287. The molecule has 0 unspecified atom stereocenters. The van der Waals surface area contributed by atoms with Crippen LogP contribution in [-0.4, -0.2) is 27.3 Å². The highest BCUT2D eigenvalue weighted by Crippen LogP contribution is 2.33. The van der Waals surface area contributed by atoms with Crippen LogP contribution in [0.4, 0.5) is 0 Å². The maximum absolute atomic E-state index is 11.6. The molecule has 0 aliphatic carbocycles. The van der Waals surface area contributed by atoms with E-state index in [4.69, 9.17) is 4.74 Å². The smallest absolute Gasteiger partial charge is 0.319 e. The van der Waals surface area contributed by atoms with Gasteiger partial charge in [0.15, 0.2) is 0 Å². The molecule has 0 radical (unpaired) electrons. The van der Waals surface area contributed by atoms with Crippen LogP contribution in [0, 0.1) is 0 Å². The summed E-state index contributed by atoms with van der Waals surface area (Å²) in [5.74, 6) is -0.143. The van der Waals surface area contributed by atoms with Crippen LogP contribution < -0.4 is 0 Å². The molecular weight excluding hydrogens is 248 g/mol. The second kappa shape index (κ2) is 4.57. The number of esters is 1. The van der Waals surface area contributed by atoms with E-state index in [2.05, 4.69) is 9.97 Å². The zero-order valence-electron chi connectivity index (χ0n) is 9.87. The third-order valence-corrected chi connectivity index (χ3v) is 4.10. The van der Waals surface area contributed by atoms with Crippen LogP contribution in [0.3, 0.4) is 0 Å². The Morgan fingerprint density at radius 1 is 1.33 bits per heavy atom. The van der Waals surface area contributed by atoms with E-state index in [1.165, 1.54) is 18.1 Å². The zero-order valence-corrected chi connectivity index (χ0v) is 10.7. The van der Waals surface area contributed by atoms with Gasteiger partial charge in [-0.05, 0) is 13.0 Å². The highest BCUT2D eigenvalue weighted by atomic mass is 32.2. The van der Waals surface area contributed by atoms with E-state index >= 15 is 0 Å². The highest BCUT2D eigenvalue weighted by Gasteiger charge is 2.33. The molecule has 5 heteroatoms. The molecule has 4 nitrogen and oxygen atoms in total. The minimum atomic E-state index is -0.154. The lowest BCUT2D eigenvalue weighted by atomic mass is 10.2. The number of rotatable bonds is 2. The van der Waals surface area contributed by atoms with Crippen molar-refractivity contribution in [3.63, 3.8) is 0 Å². The zero-order chi connectivity index (χ0) is 12.5. The number of thioether (sulfide) groups is 1. The van der Waals surface area contributed by atoms with E-state index in [0.29, 0.717) is 0 Å². The van der Waals surface area contributed by atoms with Gasteiger partial charge < -0.3 is 4.74 Å². The SMILES string of the molecule is C[C@@H]1C[C@H](Sc2ncnc3ccccc23)C(=O)O1. The summed E-state index contributed by atoms with van der Waals surface area (Å²) in [7, 11) is 0. The molecule has 18 heavy (non-hydrogen) atoms. The van der Waals surface area contributed by atoms with Gasteiger partial charge >= 0.3 is 5.97 Å². The van der Waals surface area contributed by atoms with Crippen molar-refractivity contribution in [2.24, 2.45) is 0 Å². The fourth-order valence-electron chi connectivity index (χ4n) is 2.02. The first kappa shape index (κ1) is 11.5. The maximum atomic E-state index is 11.6. The molecule has 1 saturated heterocycles. The first-order chi connectivity index (χ1) is 8.74. The van der Waals surface area contributed by atoms with Gasteiger partial charge in [0.2, 0.25) is 0 Å². The van der Waals surface area contributed by atoms with Crippen molar-refractivity contribution in [3.8, 4) is 0 Å². The molecule has 1 fully saturated rings. The summed E-state index contributed by atoms with van der Waals surface area (Å²) >= 11 is 1.47. The summed E-state index contributed by atoms with van der Waals surface area (Å²) in [6.45, 7) is 1.91. The molecule has 2 heterocycles. The van der Waals surface area contributed by atoms with Gasteiger partial charge in [0.25, 0.3) is 0 Å². The van der Waals surface area contributed by atoms with Crippen molar-refractivity contribution < 1.29 is 9.53 Å². The lowest BCUT2D eigenvalue weighted by Gasteiger charge is -2.06. The Bertz CT molecular complexity index is 597. The van der Waals surface area contributed by atoms with Crippen molar-refractivity contribution in [1.29, 1.82) is 0 Å². The summed E-state index contributed by atoms with van der Waals surface area (Å²) < 4.78 is 5.15. The van der Waals surface area contributed by atoms with Crippen LogP contribution in [0.1, 0.15) is 13.3 Å². The quantitative estimate of drug-likeness (QED) is 0.613. The molecule has 0 amide bonds. The molecule has 0 spiro atoms. The Kier molecular flexibility index (Phi) is 2.91. The molecule has 1 aliphatic heterocycles. The molecular formula is C13H12N2O2S. The van der Waals surface area contributed by atoms with Crippen LogP contribution in [0.5, 0.6) is 0 Å². The Hall–Kier alpha value is -1.62. The molecule has 0 saturated carbocycles. The van der Waals surface area contributed by atoms with Gasteiger partial charge in [0, 0.05) is 11.8 Å². The molecule has 2 atom stereocenters. The standard InChI is InChI=1S/C13H12N2O2S/c1-8-6-11(13(16)17-8)18-12-9-4-2-3-5-10(9)14-7-15-12/h2-5,7-8,11H,6H2,1H3/t8-,11+/m1/s1. The number of carbonyl (C=O) groups is 1. The van der Waals surface area contributed by atoms with E-state index in [1.807, 2.05) is 31.2 Å². The van der Waals surface area contributed by atoms with E-state index in [-0.39, 0.29) is 17.3 Å². The summed E-state index contributed by atoms with van der Waals surface area (Å²) in [5, 5.41) is 1.67. The van der Waals surface area contributed by atoms with Gasteiger partial charge in [-0.15, -0.1) is 0 Å². The third-order valence-electron chi connectivity index (χ3n) is 2.89. The normalized spacial score (nSPS) is 23.3. The second-order valence-corrected chi connectivity index (χ2v) is 5.48. The van der Waals surface area contributed by atoms with Gasteiger partial charge in [-0.3, -0.25) is 4.79 Å². The van der Waals surface area contributed by atoms with E-state index in [0.717, 1.165) is 22.3 Å². The molecule has 1 aliphatic rings. The van der Waals surface area contributed by atoms with Gasteiger partial charge in [-0.25, -0.2) is 9.97 Å². The largest absolute Gasteiger partial charge is 0.462 e. The fraction of sp³-hybridized carbons (Fsp3) is 0.308. The molecule has 1 aromatic heterocycles. The van der Waals surface area contributed by atoms with Crippen LogP contribution in [0.25, 0.3) is 10.9 Å². The predicted molar refractivity (Wildman–Crippen MR) is 69.4 cm³/mol. The number of ether oxygens (including phenoxy) is 1. The average Bonchev–Trinajstić information content (AvgIpc) is 2.68. The van der Waals surface area contributed by atoms with Crippen LogP contribution in [-0.2, 0) is 9.53 Å². The Morgan fingerprint density at radius 2 is 2.17 bits per heavy atom. The summed E-state index contributed by atoms with van der Waals surface area (Å²) in [6.07, 6.45) is 2.28. The molecule has 3 rings (SSSR count). The maximum Gasteiger partial charge on any atom is 0.319 e. The van der Waals surface area contributed by atoms with Gasteiger partial charge in [0.1, 0.15) is 22.7 Å². The van der Waals surface area contributed by atoms with Crippen molar-refractivity contribution in [2.75, 3.05) is 0 Å². The number of cyclic esters (lactones) is 1. The number of fused-ring (bicyclic) bond motifs is 1. The van der Waals surface area contributed by atoms with Crippen molar-refractivity contribution in [1.82, 2.24) is 9.97 Å². The van der Waals surface area contributed by atoms with Crippen LogP contribution in [0.2, 0.25) is 0 Å². The summed E-state index contributed by atoms with van der Waals surface area (Å²) in [6, 6.07) is 7.80. The predicted octanol–water partition coefficient (Wildman–Crippen LogP) is 2.43. The van der Waals surface area contributed by atoms with E-state index in [1.54, 1.807) is 0 Å². The van der Waals surface area contributed by atoms with Crippen LogP contribution >= 0.6 is 11.8 Å². The molecule has 0 N–H and O–H groups in total.